The molecule has 0 bridgehead atoms. The smallest absolute Gasteiger partial charge is 0.314 e. The molecule has 1 unspecified atom stereocenters. The summed E-state index contributed by atoms with van der Waals surface area (Å²) in [5.74, 6) is 0.499. The highest BCUT2D eigenvalue weighted by Gasteiger charge is 2.34. The molecule has 1 amide bonds. The van der Waals surface area contributed by atoms with Gasteiger partial charge in [0.05, 0.1) is 26.3 Å². The summed E-state index contributed by atoms with van der Waals surface area (Å²) in [5, 5.41) is 2.95. The number of benzene rings is 1. The van der Waals surface area contributed by atoms with E-state index in [9.17, 15) is 9.59 Å². The second kappa shape index (κ2) is 9.42. The van der Waals surface area contributed by atoms with Crippen LogP contribution < -0.4 is 15.0 Å². The maximum absolute atomic E-state index is 12.5. The van der Waals surface area contributed by atoms with Gasteiger partial charge in [0.2, 0.25) is 0 Å². The largest absolute Gasteiger partial charge is 0.494 e. The molecule has 1 heterocycles. The predicted octanol–water partition coefficient (Wildman–Crippen LogP) is 1.27. The van der Waals surface area contributed by atoms with Gasteiger partial charge in [-0.05, 0) is 57.9 Å². The van der Waals surface area contributed by atoms with Crippen LogP contribution in [-0.4, -0.2) is 44.2 Å². The van der Waals surface area contributed by atoms with Crippen LogP contribution in [0.1, 0.15) is 33.6 Å². The first-order chi connectivity index (χ1) is 12.0. The van der Waals surface area contributed by atoms with Crippen molar-refractivity contribution in [2.24, 2.45) is 5.92 Å². The van der Waals surface area contributed by atoms with Gasteiger partial charge in [-0.25, -0.2) is 0 Å². The zero-order valence-electron chi connectivity index (χ0n) is 15.3. The van der Waals surface area contributed by atoms with Gasteiger partial charge in [0.1, 0.15) is 11.7 Å². The average Bonchev–Trinajstić information content (AvgIpc) is 2.63. The van der Waals surface area contributed by atoms with Crippen molar-refractivity contribution in [1.29, 1.82) is 0 Å². The van der Waals surface area contributed by atoms with Crippen molar-refractivity contribution in [1.82, 2.24) is 0 Å². The minimum absolute atomic E-state index is 0.0383. The molecule has 2 N–H and O–H groups in total. The molecule has 6 nitrogen and oxygen atoms in total. The van der Waals surface area contributed by atoms with Crippen molar-refractivity contribution < 1.29 is 24.0 Å². The molecule has 0 saturated carbocycles. The van der Waals surface area contributed by atoms with E-state index in [1.54, 1.807) is 0 Å². The van der Waals surface area contributed by atoms with E-state index in [4.69, 9.17) is 9.47 Å². The Hall–Kier alpha value is -2.08. The van der Waals surface area contributed by atoms with Crippen molar-refractivity contribution in [3.05, 3.63) is 24.3 Å². The molecule has 0 aliphatic carbocycles. The van der Waals surface area contributed by atoms with Crippen LogP contribution >= 0.6 is 0 Å². The first kappa shape index (κ1) is 19.2. The summed E-state index contributed by atoms with van der Waals surface area (Å²) in [6.45, 7) is 8.22. The third kappa shape index (κ3) is 5.46. The molecule has 138 valence electrons. The molecule has 6 heteroatoms. The van der Waals surface area contributed by atoms with Crippen LogP contribution in [0.2, 0.25) is 0 Å². The topological polar surface area (TPSA) is 69.1 Å². The summed E-state index contributed by atoms with van der Waals surface area (Å²) >= 11 is 0. The molecule has 0 spiro atoms. The maximum atomic E-state index is 12.5. The number of hydrogen-bond acceptors (Lipinski definition) is 4. The summed E-state index contributed by atoms with van der Waals surface area (Å²) in [5.41, 5.74) is 0.749. The molecule has 1 saturated heterocycles. The Kier molecular flexibility index (Phi) is 7.25. The van der Waals surface area contributed by atoms with Gasteiger partial charge in [0, 0.05) is 5.69 Å². The van der Waals surface area contributed by atoms with Crippen molar-refractivity contribution >= 4 is 17.6 Å². The summed E-state index contributed by atoms with van der Waals surface area (Å²) < 4.78 is 10.5. The fraction of sp³-hybridized carbons (Fsp3) is 0.579. The molecule has 0 radical (unpaired) electrons. The van der Waals surface area contributed by atoms with Crippen LogP contribution in [0.25, 0.3) is 0 Å². The minimum Gasteiger partial charge on any atom is -0.494 e. The number of carbonyl (C=O) groups excluding carboxylic acids is 2. The van der Waals surface area contributed by atoms with E-state index in [0.29, 0.717) is 19.8 Å². The van der Waals surface area contributed by atoms with Crippen LogP contribution in [0.4, 0.5) is 5.69 Å². The fourth-order valence-electron chi connectivity index (χ4n) is 3.19. The highest BCUT2D eigenvalue weighted by molar-refractivity contribution is 5.93. The summed E-state index contributed by atoms with van der Waals surface area (Å²) in [6, 6.07) is 7.14. The lowest BCUT2D eigenvalue weighted by molar-refractivity contribution is -0.921. The normalized spacial score (nSPS) is 21.2. The van der Waals surface area contributed by atoms with Crippen LogP contribution in [0.3, 0.4) is 0 Å². The first-order valence-electron chi connectivity index (χ1n) is 9.10. The third-order valence-corrected chi connectivity index (χ3v) is 4.62. The van der Waals surface area contributed by atoms with Gasteiger partial charge >= 0.3 is 5.97 Å². The van der Waals surface area contributed by atoms with E-state index >= 15 is 0 Å². The zero-order valence-corrected chi connectivity index (χ0v) is 15.3. The van der Waals surface area contributed by atoms with Gasteiger partial charge < -0.3 is 19.7 Å². The van der Waals surface area contributed by atoms with Gasteiger partial charge in [-0.1, -0.05) is 0 Å². The van der Waals surface area contributed by atoms with Gasteiger partial charge in [-0.3, -0.25) is 9.59 Å². The van der Waals surface area contributed by atoms with Gasteiger partial charge in [0.25, 0.3) is 5.91 Å². The highest BCUT2D eigenvalue weighted by Crippen LogP contribution is 2.16. The average molecular weight is 349 g/mol. The highest BCUT2D eigenvalue weighted by atomic mass is 16.5. The molecule has 25 heavy (non-hydrogen) atoms. The summed E-state index contributed by atoms with van der Waals surface area (Å²) in [6.07, 6.45) is 1.77. The Morgan fingerprint density at radius 3 is 2.60 bits per heavy atom. The van der Waals surface area contributed by atoms with Crippen molar-refractivity contribution in [3.63, 3.8) is 0 Å². The SMILES string of the molecule is CCOC(=O)[C@H]1CCC[NH+]([C@H](C)C(=O)Nc2ccc(OCC)cc2)C1. The number of likely N-dealkylation sites (tertiary alicyclic amines) is 1. The number of esters is 1. The first-order valence-corrected chi connectivity index (χ1v) is 9.10. The lowest BCUT2D eigenvalue weighted by atomic mass is 9.97. The number of amides is 1. The van der Waals surface area contributed by atoms with Crippen LogP contribution in [-0.2, 0) is 14.3 Å². The van der Waals surface area contributed by atoms with Crippen molar-refractivity contribution in [2.75, 3.05) is 31.6 Å². The molecular formula is C19H29N2O4+. The van der Waals surface area contributed by atoms with E-state index in [1.807, 2.05) is 45.0 Å². The molecule has 1 fully saturated rings. The molecular weight excluding hydrogens is 320 g/mol. The molecule has 0 aromatic heterocycles. The molecule has 1 aliphatic heterocycles. The Morgan fingerprint density at radius 1 is 1.24 bits per heavy atom. The number of anilines is 1. The Morgan fingerprint density at radius 2 is 1.96 bits per heavy atom. The van der Waals surface area contributed by atoms with Gasteiger partial charge in [0.15, 0.2) is 6.04 Å². The standard InChI is InChI=1S/C19H28N2O4/c1-4-24-17-10-8-16(9-11-17)20-18(22)14(3)21-12-6-7-15(13-21)19(23)25-5-2/h8-11,14-15H,4-7,12-13H2,1-3H3,(H,20,22)/p+1/t14-,15+/m1/s1. The van der Waals surface area contributed by atoms with Gasteiger partial charge in [-0.2, -0.15) is 0 Å². The summed E-state index contributed by atoms with van der Waals surface area (Å²) in [4.78, 5) is 25.6. The summed E-state index contributed by atoms with van der Waals surface area (Å²) in [7, 11) is 0. The Labute approximate surface area is 149 Å². The van der Waals surface area contributed by atoms with Crippen molar-refractivity contribution in [2.45, 2.75) is 39.7 Å². The van der Waals surface area contributed by atoms with Crippen LogP contribution in [0.5, 0.6) is 5.75 Å². The molecule has 1 aromatic rings. The Balaban J connectivity index is 1.91. The second-order valence-corrected chi connectivity index (χ2v) is 6.37. The lowest BCUT2D eigenvalue weighted by Crippen LogP contribution is -3.18. The van der Waals surface area contributed by atoms with Crippen molar-refractivity contribution in [3.8, 4) is 5.75 Å². The molecule has 1 aliphatic rings. The number of quaternary nitrogens is 1. The zero-order chi connectivity index (χ0) is 18.2. The minimum atomic E-state index is -0.219. The van der Waals surface area contributed by atoms with Crippen LogP contribution in [0, 0.1) is 5.92 Å². The van der Waals surface area contributed by atoms with E-state index in [1.165, 1.54) is 0 Å². The number of ether oxygens (including phenoxy) is 2. The van der Waals surface area contributed by atoms with E-state index in [2.05, 4.69) is 5.32 Å². The Bertz CT molecular complexity index is 573. The van der Waals surface area contributed by atoms with Crippen LogP contribution in [0.15, 0.2) is 24.3 Å². The molecule has 2 rings (SSSR count). The maximum Gasteiger partial charge on any atom is 0.314 e. The number of nitrogens with one attached hydrogen (secondary N) is 2. The lowest BCUT2D eigenvalue weighted by Gasteiger charge is -2.32. The second-order valence-electron chi connectivity index (χ2n) is 6.37. The van der Waals surface area contributed by atoms with E-state index < -0.39 is 0 Å². The van der Waals surface area contributed by atoms with Gasteiger partial charge in [-0.15, -0.1) is 0 Å². The molecule has 3 atom stereocenters. The third-order valence-electron chi connectivity index (χ3n) is 4.62. The number of piperidine rings is 1. The quantitative estimate of drug-likeness (QED) is 0.728. The monoisotopic (exact) mass is 349 g/mol. The number of rotatable bonds is 7. The van der Waals surface area contributed by atoms with E-state index in [-0.39, 0.29) is 23.8 Å². The van der Waals surface area contributed by atoms with E-state index in [0.717, 1.165) is 35.7 Å². The molecule has 1 aromatic carbocycles. The number of carbonyl (C=O) groups is 2. The number of hydrogen-bond donors (Lipinski definition) is 2. The predicted molar refractivity (Wildman–Crippen MR) is 95.8 cm³/mol. The fourth-order valence-corrected chi connectivity index (χ4v) is 3.19.